The van der Waals surface area contributed by atoms with Crippen molar-refractivity contribution in [3.63, 3.8) is 0 Å². The lowest BCUT2D eigenvalue weighted by Gasteiger charge is -2.09. The summed E-state index contributed by atoms with van der Waals surface area (Å²) in [5.41, 5.74) is 0. The van der Waals surface area contributed by atoms with E-state index < -0.39 is 6.10 Å². The summed E-state index contributed by atoms with van der Waals surface area (Å²) < 4.78 is 9.84. The molecule has 0 fully saturated rings. The molecule has 1 atom stereocenters. The van der Waals surface area contributed by atoms with Gasteiger partial charge in [-0.1, -0.05) is 0 Å². The highest BCUT2D eigenvalue weighted by molar-refractivity contribution is 5.03. The molecule has 10 heavy (non-hydrogen) atoms. The van der Waals surface area contributed by atoms with Gasteiger partial charge >= 0.3 is 0 Å². The molecule has 0 saturated carbocycles. The molecule has 0 saturated heterocycles. The zero-order chi connectivity index (χ0) is 7.40. The minimum atomic E-state index is -0.576. The van der Waals surface area contributed by atoms with Crippen LogP contribution in [0.5, 0.6) is 0 Å². The minimum Gasteiger partial charge on any atom is -0.495 e. The minimum absolute atomic E-state index is 0.311. The lowest BCUT2D eigenvalue weighted by molar-refractivity contribution is 0.0474. The van der Waals surface area contributed by atoms with Gasteiger partial charge in [0.15, 0.2) is 0 Å². The van der Waals surface area contributed by atoms with Gasteiger partial charge in [-0.2, -0.15) is 0 Å². The number of aliphatic hydroxyl groups excluding tert-OH is 1. The van der Waals surface area contributed by atoms with Gasteiger partial charge in [0.05, 0.1) is 13.2 Å². The molecule has 1 unspecified atom stereocenters. The van der Waals surface area contributed by atoms with Gasteiger partial charge in [-0.3, -0.25) is 0 Å². The number of rotatable bonds is 3. The quantitative estimate of drug-likeness (QED) is 0.619. The van der Waals surface area contributed by atoms with Gasteiger partial charge in [0, 0.05) is 13.5 Å². The summed E-state index contributed by atoms with van der Waals surface area (Å²) in [6.45, 7) is 1.00. The summed E-state index contributed by atoms with van der Waals surface area (Å²) in [7, 11) is 1.55. The summed E-state index contributed by atoms with van der Waals surface area (Å²) in [4.78, 5) is 0. The summed E-state index contributed by atoms with van der Waals surface area (Å²) in [5, 5.41) is 9.23. The SMILES string of the molecule is COCC(O)C1=CCCO1. The molecular formula is C7H12O3. The van der Waals surface area contributed by atoms with Gasteiger partial charge in [-0.25, -0.2) is 0 Å². The average Bonchev–Trinajstić information content (AvgIpc) is 2.38. The highest BCUT2D eigenvalue weighted by Crippen LogP contribution is 2.12. The number of hydrogen-bond acceptors (Lipinski definition) is 3. The van der Waals surface area contributed by atoms with E-state index in [2.05, 4.69) is 0 Å². The molecule has 1 aliphatic heterocycles. The second-order valence-electron chi connectivity index (χ2n) is 2.21. The maximum Gasteiger partial charge on any atom is 0.134 e. The van der Waals surface area contributed by atoms with Crippen LogP contribution in [0.1, 0.15) is 6.42 Å². The smallest absolute Gasteiger partial charge is 0.134 e. The molecule has 0 bridgehead atoms. The maximum atomic E-state index is 9.23. The standard InChI is InChI=1S/C7H12O3/c1-9-5-6(8)7-3-2-4-10-7/h3,6,8H,2,4-5H2,1H3. The van der Waals surface area contributed by atoms with Gasteiger partial charge < -0.3 is 14.6 Å². The number of methoxy groups -OCH3 is 1. The molecule has 0 aromatic heterocycles. The van der Waals surface area contributed by atoms with E-state index >= 15 is 0 Å². The van der Waals surface area contributed by atoms with Crippen LogP contribution < -0.4 is 0 Å². The van der Waals surface area contributed by atoms with Crippen LogP contribution >= 0.6 is 0 Å². The van der Waals surface area contributed by atoms with Gasteiger partial charge in [0.2, 0.25) is 0 Å². The normalized spacial score (nSPS) is 20.0. The molecule has 0 amide bonds. The van der Waals surface area contributed by atoms with Crippen LogP contribution in [0.25, 0.3) is 0 Å². The van der Waals surface area contributed by atoms with E-state index in [1.54, 1.807) is 7.11 Å². The van der Waals surface area contributed by atoms with E-state index in [-0.39, 0.29) is 0 Å². The predicted octanol–water partition coefficient (Wildman–Crippen LogP) is 0.298. The Bertz CT molecular complexity index is 131. The van der Waals surface area contributed by atoms with Crippen LogP contribution in [0.3, 0.4) is 0 Å². The van der Waals surface area contributed by atoms with Crippen molar-refractivity contribution in [1.29, 1.82) is 0 Å². The molecule has 1 N–H and O–H groups in total. The lowest BCUT2D eigenvalue weighted by Crippen LogP contribution is -2.16. The first-order chi connectivity index (χ1) is 4.84. The summed E-state index contributed by atoms with van der Waals surface area (Å²) >= 11 is 0. The fraction of sp³-hybridized carbons (Fsp3) is 0.714. The van der Waals surface area contributed by atoms with Gasteiger partial charge in [0.1, 0.15) is 11.9 Å². The second kappa shape index (κ2) is 3.58. The van der Waals surface area contributed by atoms with E-state index in [4.69, 9.17) is 9.47 Å². The van der Waals surface area contributed by atoms with Crippen LogP contribution in [-0.2, 0) is 9.47 Å². The van der Waals surface area contributed by atoms with Crippen molar-refractivity contribution in [3.8, 4) is 0 Å². The Kier molecular flexibility index (Phi) is 2.71. The molecule has 3 nitrogen and oxygen atoms in total. The average molecular weight is 144 g/mol. The van der Waals surface area contributed by atoms with Crippen LogP contribution in [0.15, 0.2) is 11.8 Å². The molecule has 0 aromatic carbocycles. The van der Waals surface area contributed by atoms with Crippen LogP contribution in [0.2, 0.25) is 0 Å². The molecule has 1 rings (SSSR count). The Labute approximate surface area is 60.3 Å². The van der Waals surface area contributed by atoms with E-state index in [0.29, 0.717) is 19.0 Å². The van der Waals surface area contributed by atoms with Gasteiger partial charge in [-0.15, -0.1) is 0 Å². The Morgan fingerprint density at radius 1 is 1.90 bits per heavy atom. The Morgan fingerprint density at radius 2 is 2.70 bits per heavy atom. The monoisotopic (exact) mass is 144 g/mol. The first-order valence-corrected chi connectivity index (χ1v) is 3.34. The second-order valence-corrected chi connectivity index (χ2v) is 2.21. The molecule has 3 heteroatoms. The van der Waals surface area contributed by atoms with E-state index in [0.717, 1.165) is 6.42 Å². The highest BCUT2D eigenvalue weighted by atomic mass is 16.5. The van der Waals surface area contributed by atoms with Crippen LogP contribution in [0, 0.1) is 0 Å². The van der Waals surface area contributed by atoms with E-state index in [1.165, 1.54) is 0 Å². The predicted molar refractivity (Wildman–Crippen MR) is 36.5 cm³/mol. The van der Waals surface area contributed by atoms with Crippen molar-refractivity contribution in [2.24, 2.45) is 0 Å². The largest absolute Gasteiger partial charge is 0.495 e. The Morgan fingerprint density at radius 3 is 3.20 bits per heavy atom. The summed E-state index contributed by atoms with van der Waals surface area (Å²) in [6, 6.07) is 0. The van der Waals surface area contributed by atoms with Gasteiger partial charge in [-0.05, 0) is 6.08 Å². The number of aliphatic hydroxyl groups is 1. The third-order valence-electron chi connectivity index (χ3n) is 1.39. The zero-order valence-electron chi connectivity index (χ0n) is 6.04. The van der Waals surface area contributed by atoms with E-state index in [1.807, 2.05) is 6.08 Å². The van der Waals surface area contributed by atoms with Crippen molar-refractivity contribution in [1.82, 2.24) is 0 Å². The van der Waals surface area contributed by atoms with Crippen molar-refractivity contribution in [3.05, 3.63) is 11.8 Å². The third-order valence-corrected chi connectivity index (χ3v) is 1.39. The van der Waals surface area contributed by atoms with E-state index in [9.17, 15) is 5.11 Å². The number of hydrogen-bond donors (Lipinski definition) is 1. The van der Waals surface area contributed by atoms with Crippen molar-refractivity contribution in [2.75, 3.05) is 20.3 Å². The summed E-state index contributed by atoms with van der Waals surface area (Å²) in [6.07, 6.45) is 2.22. The fourth-order valence-electron chi connectivity index (χ4n) is 0.909. The molecule has 0 aromatic rings. The topological polar surface area (TPSA) is 38.7 Å². The van der Waals surface area contributed by atoms with Crippen LogP contribution in [0.4, 0.5) is 0 Å². The zero-order valence-corrected chi connectivity index (χ0v) is 6.04. The van der Waals surface area contributed by atoms with Crippen molar-refractivity contribution >= 4 is 0 Å². The first-order valence-electron chi connectivity index (χ1n) is 3.34. The van der Waals surface area contributed by atoms with Gasteiger partial charge in [0.25, 0.3) is 0 Å². The Hall–Kier alpha value is -0.540. The first kappa shape index (κ1) is 7.57. The molecule has 1 heterocycles. The van der Waals surface area contributed by atoms with Crippen LogP contribution in [-0.4, -0.2) is 31.5 Å². The summed E-state index contributed by atoms with van der Waals surface area (Å²) in [5.74, 6) is 0.654. The van der Waals surface area contributed by atoms with Crippen molar-refractivity contribution < 1.29 is 14.6 Å². The molecule has 0 aliphatic carbocycles. The molecule has 58 valence electrons. The maximum absolute atomic E-state index is 9.23. The Balaban J connectivity index is 2.32. The molecule has 0 spiro atoms. The third kappa shape index (κ3) is 1.72. The molecule has 0 radical (unpaired) electrons. The highest BCUT2D eigenvalue weighted by Gasteiger charge is 2.14. The lowest BCUT2D eigenvalue weighted by atomic mass is 10.3. The molecular weight excluding hydrogens is 132 g/mol. The number of ether oxygens (including phenoxy) is 2. The van der Waals surface area contributed by atoms with Crippen molar-refractivity contribution in [2.45, 2.75) is 12.5 Å². The fourth-order valence-corrected chi connectivity index (χ4v) is 0.909. The molecule has 1 aliphatic rings.